The van der Waals surface area contributed by atoms with E-state index in [-0.39, 0.29) is 6.04 Å². The summed E-state index contributed by atoms with van der Waals surface area (Å²) in [6.45, 7) is 7.03. The number of rotatable bonds is 8. The zero-order valence-corrected chi connectivity index (χ0v) is 13.0. The molecule has 2 N–H and O–H groups in total. The van der Waals surface area contributed by atoms with Gasteiger partial charge in [0.15, 0.2) is 0 Å². The van der Waals surface area contributed by atoms with Gasteiger partial charge in [-0.15, -0.1) is 0 Å². The minimum Gasteiger partial charge on any atom is -0.383 e. The molecule has 0 aliphatic carbocycles. The summed E-state index contributed by atoms with van der Waals surface area (Å²) in [7, 11) is -1.86. The average molecular weight is 293 g/mol. The molecule has 1 fully saturated rings. The van der Waals surface area contributed by atoms with Crippen molar-refractivity contribution in [3.05, 3.63) is 0 Å². The highest BCUT2D eigenvalue weighted by atomic mass is 32.2. The number of ether oxygens (including phenoxy) is 1. The van der Waals surface area contributed by atoms with Crippen molar-refractivity contribution >= 4 is 10.2 Å². The van der Waals surface area contributed by atoms with E-state index in [4.69, 9.17) is 4.74 Å². The van der Waals surface area contributed by atoms with E-state index in [9.17, 15) is 8.42 Å². The molecule has 1 aliphatic rings. The molecule has 1 saturated heterocycles. The molecule has 1 heterocycles. The third-order valence-corrected chi connectivity index (χ3v) is 5.07. The van der Waals surface area contributed by atoms with Gasteiger partial charge in [0.25, 0.3) is 10.2 Å². The first-order valence-electron chi connectivity index (χ1n) is 6.93. The lowest BCUT2D eigenvalue weighted by Crippen LogP contribution is -2.49. The summed E-state index contributed by atoms with van der Waals surface area (Å²) in [5, 5.41) is 3.32. The van der Waals surface area contributed by atoms with Crippen molar-refractivity contribution in [1.82, 2.24) is 14.3 Å². The van der Waals surface area contributed by atoms with Crippen molar-refractivity contribution in [2.24, 2.45) is 5.92 Å². The fourth-order valence-corrected chi connectivity index (χ4v) is 3.75. The molecule has 6 nitrogen and oxygen atoms in total. The van der Waals surface area contributed by atoms with Gasteiger partial charge < -0.3 is 10.1 Å². The highest BCUT2D eigenvalue weighted by molar-refractivity contribution is 7.87. The molecular formula is C12H27N3O3S. The van der Waals surface area contributed by atoms with Crippen LogP contribution in [-0.2, 0) is 14.9 Å². The van der Waals surface area contributed by atoms with Crippen LogP contribution < -0.4 is 10.0 Å². The lowest BCUT2D eigenvalue weighted by molar-refractivity contribution is 0.202. The van der Waals surface area contributed by atoms with Crippen molar-refractivity contribution in [3.63, 3.8) is 0 Å². The molecule has 0 amide bonds. The molecule has 1 atom stereocenters. The summed E-state index contributed by atoms with van der Waals surface area (Å²) in [6, 6.07) is -0.0398. The molecular weight excluding hydrogens is 266 g/mol. The van der Waals surface area contributed by atoms with Gasteiger partial charge in [0.1, 0.15) is 0 Å². The third-order valence-electron chi connectivity index (χ3n) is 3.31. The quantitative estimate of drug-likeness (QED) is 0.626. The standard InChI is InChI=1S/C12H27N3O3S/c1-11(2)15(10-12-5-4-6-13-9-12)19(16,17)14-7-8-18-3/h11-14H,4-10H2,1-3H3. The second kappa shape index (κ2) is 8.16. The van der Waals surface area contributed by atoms with Gasteiger partial charge in [0.2, 0.25) is 0 Å². The van der Waals surface area contributed by atoms with Crippen molar-refractivity contribution < 1.29 is 13.2 Å². The Hall–Kier alpha value is -0.210. The molecule has 0 aromatic rings. The third kappa shape index (κ3) is 5.74. The number of piperidine rings is 1. The predicted octanol–water partition coefficient (Wildman–Crippen LogP) is 0.177. The van der Waals surface area contributed by atoms with Crippen LogP contribution in [0.4, 0.5) is 0 Å². The van der Waals surface area contributed by atoms with E-state index in [0.717, 1.165) is 25.9 Å². The monoisotopic (exact) mass is 293 g/mol. The van der Waals surface area contributed by atoms with E-state index in [0.29, 0.717) is 25.6 Å². The predicted molar refractivity (Wildman–Crippen MR) is 76.2 cm³/mol. The summed E-state index contributed by atoms with van der Waals surface area (Å²) < 4.78 is 33.5. The molecule has 19 heavy (non-hydrogen) atoms. The number of hydrogen-bond acceptors (Lipinski definition) is 4. The zero-order valence-electron chi connectivity index (χ0n) is 12.2. The Morgan fingerprint density at radius 1 is 1.47 bits per heavy atom. The van der Waals surface area contributed by atoms with Crippen LogP contribution in [-0.4, -0.2) is 58.7 Å². The van der Waals surface area contributed by atoms with E-state index >= 15 is 0 Å². The minimum atomic E-state index is -3.42. The van der Waals surface area contributed by atoms with E-state index in [1.165, 1.54) is 0 Å². The molecule has 7 heteroatoms. The summed E-state index contributed by atoms with van der Waals surface area (Å²) in [5.74, 6) is 0.398. The van der Waals surface area contributed by atoms with Crippen LogP contribution in [0.2, 0.25) is 0 Å². The van der Waals surface area contributed by atoms with Crippen LogP contribution in [0.15, 0.2) is 0 Å². The van der Waals surface area contributed by atoms with Gasteiger partial charge >= 0.3 is 0 Å². The molecule has 0 radical (unpaired) electrons. The van der Waals surface area contributed by atoms with Gasteiger partial charge in [-0.2, -0.15) is 17.4 Å². The smallest absolute Gasteiger partial charge is 0.279 e. The van der Waals surface area contributed by atoms with E-state index in [1.54, 1.807) is 11.4 Å². The van der Waals surface area contributed by atoms with Crippen LogP contribution in [0.1, 0.15) is 26.7 Å². The first-order valence-corrected chi connectivity index (χ1v) is 8.37. The second-order valence-electron chi connectivity index (χ2n) is 5.27. The summed E-state index contributed by atoms with van der Waals surface area (Å²) in [4.78, 5) is 0. The van der Waals surface area contributed by atoms with Gasteiger partial charge in [-0.3, -0.25) is 0 Å². The van der Waals surface area contributed by atoms with Gasteiger partial charge in [-0.05, 0) is 45.7 Å². The SMILES string of the molecule is COCCNS(=O)(=O)N(CC1CCCNC1)C(C)C. The zero-order chi connectivity index (χ0) is 14.3. The van der Waals surface area contributed by atoms with Crippen molar-refractivity contribution in [1.29, 1.82) is 0 Å². The Morgan fingerprint density at radius 3 is 2.74 bits per heavy atom. The topological polar surface area (TPSA) is 70.7 Å². The van der Waals surface area contributed by atoms with Gasteiger partial charge in [-0.25, -0.2) is 0 Å². The minimum absolute atomic E-state index is 0.0398. The number of hydrogen-bond donors (Lipinski definition) is 2. The normalized spacial score (nSPS) is 21.2. The van der Waals surface area contributed by atoms with Crippen LogP contribution in [0, 0.1) is 5.92 Å². The second-order valence-corrected chi connectivity index (χ2v) is 6.98. The lowest BCUT2D eigenvalue weighted by atomic mass is 9.99. The Morgan fingerprint density at radius 2 is 2.21 bits per heavy atom. The molecule has 0 saturated carbocycles. The molecule has 114 valence electrons. The van der Waals surface area contributed by atoms with Crippen molar-refractivity contribution in [2.75, 3.05) is 39.9 Å². The van der Waals surface area contributed by atoms with Crippen molar-refractivity contribution in [2.45, 2.75) is 32.7 Å². The highest BCUT2D eigenvalue weighted by Crippen LogP contribution is 2.15. The number of nitrogens with one attached hydrogen (secondary N) is 2. The Kier molecular flexibility index (Phi) is 7.23. The van der Waals surface area contributed by atoms with Crippen LogP contribution in [0.25, 0.3) is 0 Å². The average Bonchev–Trinajstić information content (AvgIpc) is 2.37. The molecule has 1 aliphatic heterocycles. The first kappa shape index (κ1) is 16.8. The molecule has 0 spiro atoms. The Bertz CT molecular complexity index is 340. The largest absolute Gasteiger partial charge is 0.383 e. The maximum Gasteiger partial charge on any atom is 0.279 e. The fourth-order valence-electron chi connectivity index (χ4n) is 2.28. The summed E-state index contributed by atoms with van der Waals surface area (Å²) in [6.07, 6.45) is 2.21. The van der Waals surface area contributed by atoms with Crippen LogP contribution >= 0.6 is 0 Å². The van der Waals surface area contributed by atoms with E-state index in [2.05, 4.69) is 10.0 Å². The first-order chi connectivity index (χ1) is 8.97. The number of nitrogens with zero attached hydrogens (tertiary/aromatic N) is 1. The van der Waals surface area contributed by atoms with Crippen LogP contribution in [0.5, 0.6) is 0 Å². The molecule has 0 aromatic heterocycles. The van der Waals surface area contributed by atoms with Crippen LogP contribution in [0.3, 0.4) is 0 Å². The number of methoxy groups -OCH3 is 1. The van der Waals surface area contributed by atoms with Gasteiger partial charge in [0, 0.05) is 26.2 Å². The lowest BCUT2D eigenvalue weighted by Gasteiger charge is -2.32. The van der Waals surface area contributed by atoms with E-state index < -0.39 is 10.2 Å². The van der Waals surface area contributed by atoms with Crippen molar-refractivity contribution in [3.8, 4) is 0 Å². The summed E-state index contributed by atoms with van der Waals surface area (Å²) >= 11 is 0. The summed E-state index contributed by atoms with van der Waals surface area (Å²) in [5.41, 5.74) is 0. The van der Waals surface area contributed by atoms with Gasteiger partial charge in [0.05, 0.1) is 6.61 Å². The molecule has 0 aromatic carbocycles. The highest BCUT2D eigenvalue weighted by Gasteiger charge is 2.27. The maximum absolute atomic E-state index is 12.3. The van der Waals surface area contributed by atoms with E-state index in [1.807, 2.05) is 13.8 Å². The maximum atomic E-state index is 12.3. The molecule has 1 rings (SSSR count). The Labute approximate surface area is 117 Å². The Balaban J connectivity index is 2.59. The molecule has 1 unspecified atom stereocenters. The molecule has 0 bridgehead atoms. The fraction of sp³-hybridized carbons (Fsp3) is 1.00. The van der Waals surface area contributed by atoms with Gasteiger partial charge in [-0.1, -0.05) is 0 Å².